The molecule has 1 amide bonds. The van der Waals surface area contributed by atoms with E-state index in [4.69, 9.17) is 0 Å². The van der Waals surface area contributed by atoms with Crippen LogP contribution in [-0.2, 0) is 0 Å². The summed E-state index contributed by atoms with van der Waals surface area (Å²) in [7, 11) is 0. The number of rotatable bonds is 2. The van der Waals surface area contributed by atoms with E-state index in [1.807, 2.05) is 0 Å². The molecule has 1 aromatic heterocycles. The van der Waals surface area contributed by atoms with Crippen LogP contribution in [0.25, 0.3) is 0 Å². The van der Waals surface area contributed by atoms with Crippen molar-refractivity contribution in [2.45, 2.75) is 6.92 Å². The molecule has 0 unspecified atom stereocenters. The SMILES string of the molecule is Cc1cccc(C(=O)Nc2ccc(Br)cn2)c1F. The molecule has 0 atom stereocenters. The molecule has 0 fully saturated rings. The molecule has 1 aromatic carbocycles. The molecule has 0 saturated carbocycles. The Hall–Kier alpha value is -1.75. The number of aryl methyl sites for hydroxylation is 1. The number of amides is 1. The Bertz CT molecular complexity index is 584. The Kier molecular flexibility index (Phi) is 3.72. The summed E-state index contributed by atoms with van der Waals surface area (Å²) in [6, 6.07) is 8.08. The van der Waals surface area contributed by atoms with E-state index < -0.39 is 11.7 Å². The van der Waals surface area contributed by atoms with Crippen LogP contribution in [0, 0.1) is 12.7 Å². The third-order valence-electron chi connectivity index (χ3n) is 2.41. The normalized spacial score (nSPS) is 10.2. The maximum atomic E-state index is 13.7. The second-order valence-electron chi connectivity index (χ2n) is 3.75. The van der Waals surface area contributed by atoms with Crippen LogP contribution < -0.4 is 5.32 Å². The zero-order valence-electron chi connectivity index (χ0n) is 9.58. The maximum absolute atomic E-state index is 13.7. The predicted molar refractivity (Wildman–Crippen MR) is 71.0 cm³/mol. The number of carbonyl (C=O) groups excluding carboxylic acids is 1. The third-order valence-corrected chi connectivity index (χ3v) is 2.87. The molecule has 2 rings (SSSR count). The standard InChI is InChI=1S/C13H10BrFN2O/c1-8-3-2-4-10(12(8)15)13(18)17-11-6-5-9(14)7-16-11/h2-7H,1H3,(H,16,17,18). The van der Waals surface area contributed by atoms with Crippen LogP contribution in [0.15, 0.2) is 41.0 Å². The molecule has 0 aliphatic rings. The van der Waals surface area contributed by atoms with Crippen LogP contribution in [0.4, 0.5) is 10.2 Å². The summed E-state index contributed by atoms with van der Waals surface area (Å²) in [4.78, 5) is 15.9. The molecule has 0 radical (unpaired) electrons. The lowest BCUT2D eigenvalue weighted by molar-refractivity contribution is 0.102. The van der Waals surface area contributed by atoms with Gasteiger partial charge in [-0.05, 0) is 46.6 Å². The molecule has 0 aliphatic carbocycles. The zero-order chi connectivity index (χ0) is 13.1. The van der Waals surface area contributed by atoms with E-state index in [-0.39, 0.29) is 5.56 Å². The van der Waals surface area contributed by atoms with Gasteiger partial charge >= 0.3 is 0 Å². The summed E-state index contributed by atoms with van der Waals surface area (Å²) in [5.41, 5.74) is 0.450. The number of aromatic nitrogens is 1. The predicted octanol–water partition coefficient (Wildman–Crippen LogP) is 3.54. The Morgan fingerprint density at radius 2 is 2.11 bits per heavy atom. The number of anilines is 1. The first-order chi connectivity index (χ1) is 8.58. The number of pyridine rings is 1. The van der Waals surface area contributed by atoms with Gasteiger partial charge in [-0.3, -0.25) is 4.79 Å². The first kappa shape index (κ1) is 12.7. The van der Waals surface area contributed by atoms with Crippen molar-refractivity contribution in [3.05, 3.63) is 57.9 Å². The number of carbonyl (C=O) groups is 1. The minimum Gasteiger partial charge on any atom is -0.306 e. The van der Waals surface area contributed by atoms with Gasteiger partial charge in [-0.2, -0.15) is 0 Å². The molecule has 18 heavy (non-hydrogen) atoms. The Morgan fingerprint density at radius 1 is 1.33 bits per heavy atom. The second kappa shape index (κ2) is 5.27. The van der Waals surface area contributed by atoms with Gasteiger partial charge in [0.1, 0.15) is 11.6 Å². The topological polar surface area (TPSA) is 42.0 Å². The Balaban J connectivity index is 2.22. The highest BCUT2D eigenvalue weighted by Crippen LogP contribution is 2.15. The van der Waals surface area contributed by atoms with Gasteiger partial charge in [0.05, 0.1) is 5.56 Å². The number of halogens is 2. The Labute approximate surface area is 112 Å². The highest BCUT2D eigenvalue weighted by atomic mass is 79.9. The van der Waals surface area contributed by atoms with Gasteiger partial charge in [0.15, 0.2) is 0 Å². The van der Waals surface area contributed by atoms with Crippen LogP contribution in [0.2, 0.25) is 0 Å². The summed E-state index contributed by atoms with van der Waals surface area (Å²) in [5.74, 6) is -0.637. The number of hydrogen-bond donors (Lipinski definition) is 1. The average molecular weight is 309 g/mol. The van der Waals surface area contributed by atoms with Crippen LogP contribution >= 0.6 is 15.9 Å². The van der Waals surface area contributed by atoms with Gasteiger partial charge in [-0.15, -0.1) is 0 Å². The van der Waals surface area contributed by atoms with Crippen molar-refractivity contribution in [3.8, 4) is 0 Å². The monoisotopic (exact) mass is 308 g/mol. The van der Waals surface area contributed by atoms with Crippen molar-refractivity contribution < 1.29 is 9.18 Å². The number of nitrogens with zero attached hydrogens (tertiary/aromatic N) is 1. The molecule has 1 N–H and O–H groups in total. The van der Waals surface area contributed by atoms with E-state index in [1.54, 1.807) is 37.4 Å². The third kappa shape index (κ3) is 2.73. The number of nitrogens with one attached hydrogen (secondary N) is 1. The van der Waals surface area contributed by atoms with Crippen molar-refractivity contribution in [2.24, 2.45) is 0 Å². The van der Waals surface area contributed by atoms with Crippen LogP contribution in [0.3, 0.4) is 0 Å². The second-order valence-corrected chi connectivity index (χ2v) is 4.67. The van der Waals surface area contributed by atoms with Crippen molar-refractivity contribution in [3.63, 3.8) is 0 Å². The Morgan fingerprint density at radius 3 is 2.78 bits per heavy atom. The molecule has 0 aliphatic heterocycles. The van der Waals surface area contributed by atoms with E-state index in [0.717, 1.165) is 4.47 Å². The fourth-order valence-corrected chi connectivity index (χ4v) is 1.69. The molecule has 2 aromatic rings. The quantitative estimate of drug-likeness (QED) is 0.922. The van der Waals surface area contributed by atoms with E-state index in [9.17, 15) is 9.18 Å². The molecule has 92 valence electrons. The van der Waals surface area contributed by atoms with Crippen molar-refractivity contribution in [1.82, 2.24) is 4.98 Å². The zero-order valence-corrected chi connectivity index (χ0v) is 11.2. The van der Waals surface area contributed by atoms with Crippen molar-refractivity contribution in [2.75, 3.05) is 5.32 Å². The minimum absolute atomic E-state index is 0.0136. The maximum Gasteiger partial charge on any atom is 0.259 e. The molecule has 0 saturated heterocycles. The highest BCUT2D eigenvalue weighted by Gasteiger charge is 2.13. The number of benzene rings is 1. The summed E-state index contributed by atoms with van der Waals surface area (Å²) < 4.78 is 14.5. The molecule has 5 heteroatoms. The fraction of sp³-hybridized carbons (Fsp3) is 0.0769. The average Bonchev–Trinajstić information content (AvgIpc) is 2.35. The summed E-state index contributed by atoms with van der Waals surface area (Å²) in [5, 5.41) is 2.54. The summed E-state index contributed by atoms with van der Waals surface area (Å²) in [6.45, 7) is 1.62. The highest BCUT2D eigenvalue weighted by molar-refractivity contribution is 9.10. The van der Waals surface area contributed by atoms with Crippen LogP contribution in [0.5, 0.6) is 0 Å². The molecular formula is C13H10BrFN2O. The van der Waals surface area contributed by atoms with E-state index in [1.165, 1.54) is 6.07 Å². The largest absolute Gasteiger partial charge is 0.306 e. The van der Waals surface area contributed by atoms with E-state index in [2.05, 4.69) is 26.2 Å². The molecular weight excluding hydrogens is 299 g/mol. The van der Waals surface area contributed by atoms with Gasteiger partial charge in [0.25, 0.3) is 5.91 Å². The van der Waals surface area contributed by atoms with Gasteiger partial charge < -0.3 is 5.32 Å². The van der Waals surface area contributed by atoms with Crippen LogP contribution in [-0.4, -0.2) is 10.9 Å². The minimum atomic E-state index is -0.508. The molecule has 1 heterocycles. The van der Waals surface area contributed by atoms with E-state index in [0.29, 0.717) is 11.4 Å². The summed E-state index contributed by atoms with van der Waals surface area (Å²) in [6.07, 6.45) is 1.56. The fourth-order valence-electron chi connectivity index (χ4n) is 1.46. The van der Waals surface area contributed by atoms with Crippen molar-refractivity contribution >= 4 is 27.7 Å². The van der Waals surface area contributed by atoms with Gasteiger partial charge in [-0.1, -0.05) is 12.1 Å². The van der Waals surface area contributed by atoms with Gasteiger partial charge in [0, 0.05) is 10.7 Å². The van der Waals surface area contributed by atoms with Gasteiger partial charge in [0.2, 0.25) is 0 Å². The first-order valence-corrected chi connectivity index (χ1v) is 6.05. The molecule has 0 spiro atoms. The lowest BCUT2D eigenvalue weighted by Gasteiger charge is -2.06. The first-order valence-electron chi connectivity index (χ1n) is 5.26. The van der Waals surface area contributed by atoms with Crippen LogP contribution in [0.1, 0.15) is 15.9 Å². The number of hydrogen-bond acceptors (Lipinski definition) is 2. The molecule has 0 bridgehead atoms. The van der Waals surface area contributed by atoms with E-state index >= 15 is 0 Å². The lowest BCUT2D eigenvalue weighted by Crippen LogP contribution is -2.15. The van der Waals surface area contributed by atoms with Crippen molar-refractivity contribution in [1.29, 1.82) is 0 Å². The molecule has 3 nitrogen and oxygen atoms in total. The van der Waals surface area contributed by atoms with Gasteiger partial charge in [-0.25, -0.2) is 9.37 Å². The smallest absolute Gasteiger partial charge is 0.259 e. The lowest BCUT2D eigenvalue weighted by atomic mass is 10.1. The summed E-state index contributed by atoms with van der Waals surface area (Å²) >= 11 is 3.24.